The Balaban J connectivity index is 1.48. The molecule has 0 saturated carbocycles. The molecule has 5 rings (SSSR count). The maximum Gasteiger partial charge on any atom is 0.421 e. The van der Waals surface area contributed by atoms with Crippen LogP contribution in [0.4, 0.5) is 36.3 Å². The average Bonchev–Trinajstić information content (AvgIpc) is 3.29. The molecule has 0 bridgehead atoms. The molecular formula is C27H31ClF3N7O3S. The molecule has 0 radical (unpaired) electrons. The van der Waals surface area contributed by atoms with Crippen molar-refractivity contribution in [2.45, 2.75) is 24.7 Å². The van der Waals surface area contributed by atoms with E-state index in [-0.39, 0.29) is 5.95 Å². The summed E-state index contributed by atoms with van der Waals surface area (Å²) in [6, 6.07) is 9.09. The SMILES string of the molecule is COc1cc(N2CCNCC2)c(Cl)cc1Nc1ncc(C(F)(F)F)c(NC2Cc3ccccc3C2N(C)S(C)(=O)=O)n1. The van der Waals surface area contributed by atoms with Gasteiger partial charge in [-0.2, -0.15) is 22.5 Å². The van der Waals surface area contributed by atoms with Crippen LogP contribution in [0.1, 0.15) is 22.7 Å². The van der Waals surface area contributed by atoms with Crippen LogP contribution < -0.4 is 25.6 Å². The van der Waals surface area contributed by atoms with E-state index in [1.807, 2.05) is 6.07 Å². The number of anilines is 4. The van der Waals surface area contributed by atoms with Gasteiger partial charge in [-0.1, -0.05) is 35.9 Å². The molecule has 1 aliphatic carbocycles. The largest absolute Gasteiger partial charge is 0.494 e. The van der Waals surface area contributed by atoms with Crippen molar-refractivity contribution in [1.82, 2.24) is 19.6 Å². The summed E-state index contributed by atoms with van der Waals surface area (Å²) in [6.45, 7) is 3.13. The zero-order valence-electron chi connectivity index (χ0n) is 23.2. The number of rotatable bonds is 8. The molecule has 1 aromatic heterocycles. The Labute approximate surface area is 247 Å². The third-order valence-corrected chi connectivity index (χ3v) is 9.08. The minimum atomic E-state index is -4.77. The van der Waals surface area contributed by atoms with Gasteiger partial charge in [-0.05, 0) is 23.6 Å². The molecule has 2 aliphatic rings. The van der Waals surface area contributed by atoms with E-state index < -0.39 is 39.7 Å². The van der Waals surface area contributed by atoms with Crippen LogP contribution in [0.5, 0.6) is 5.75 Å². The summed E-state index contributed by atoms with van der Waals surface area (Å²) in [5.41, 5.74) is 1.62. The first-order chi connectivity index (χ1) is 19.9. The fourth-order valence-electron chi connectivity index (χ4n) is 5.37. The zero-order chi connectivity index (χ0) is 30.2. The Kier molecular flexibility index (Phi) is 8.43. The fraction of sp³-hybridized carbons (Fsp3) is 0.407. The molecule has 42 heavy (non-hydrogen) atoms. The summed E-state index contributed by atoms with van der Waals surface area (Å²) in [6.07, 6.45) is -2.72. The number of nitrogens with zero attached hydrogens (tertiary/aromatic N) is 4. The number of likely N-dealkylation sites (N-methyl/N-ethyl adjacent to an activating group) is 1. The number of ether oxygens (including phenoxy) is 1. The van der Waals surface area contributed by atoms with E-state index in [1.165, 1.54) is 14.2 Å². The van der Waals surface area contributed by atoms with Crippen LogP contribution in [-0.4, -0.2) is 75.3 Å². The van der Waals surface area contributed by atoms with Crippen molar-refractivity contribution < 1.29 is 26.3 Å². The van der Waals surface area contributed by atoms with E-state index in [1.54, 1.807) is 30.3 Å². The van der Waals surface area contributed by atoms with E-state index in [0.29, 0.717) is 34.6 Å². The summed E-state index contributed by atoms with van der Waals surface area (Å²) < 4.78 is 73.9. The van der Waals surface area contributed by atoms with Gasteiger partial charge in [0, 0.05) is 45.5 Å². The van der Waals surface area contributed by atoms with Crippen LogP contribution >= 0.6 is 11.6 Å². The molecular weight excluding hydrogens is 595 g/mol. The van der Waals surface area contributed by atoms with E-state index in [4.69, 9.17) is 16.3 Å². The molecule has 1 aliphatic heterocycles. The van der Waals surface area contributed by atoms with Gasteiger partial charge in [-0.3, -0.25) is 0 Å². The summed E-state index contributed by atoms with van der Waals surface area (Å²) >= 11 is 6.60. The number of aromatic nitrogens is 2. The van der Waals surface area contributed by atoms with Gasteiger partial charge < -0.3 is 25.6 Å². The quantitative estimate of drug-likeness (QED) is 0.338. The number of fused-ring (bicyclic) bond motifs is 1. The van der Waals surface area contributed by atoms with E-state index in [9.17, 15) is 21.6 Å². The van der Waals surface area contributed by atoms with Crippen molar-refractivity contribution in [2.75, 3.05) is 62.1 Å². The fourth-order valence-corrected chi connectivity index (χ4v) is 6.33. The monoisotopic (exact) mass is 625 g/mol. The molecule has 226 valence electrons. The molecule has 15 heteroatoms. The second kappa shape index (κ2) is 11.7. The van der Waals surface area contributed by atoms with Gasteiger partial charge in [-0.15, -0.1) is 0 Å². The van der Waals surface area contributed by atoms with E-state index >= 15 is 0 Å². The number of benzene rings is 2. The van der Waals surface area contributed by atoms with Crippen molar-refractivity contribution in [3.8, 4) is 5.75 Å². The predicted molar refractivity (Wildman–Crippen MR) is 156 cm³/mol. The Morgan fingerprint density at radius 1 is 1.19 bits per heavy atom. The maximum absolute atomic E-state index is 14.1. The van der Waals surface area contributed by atoms with Gasteiger partial charge in [0.1, 0.15) is 17.1 Å². The Bertz CT molecular complexity index is 1570. The van der Waals surface area contributed by atoms with Gasteiger partial charge in [-0.25, -0.2) is 13.4 Å². The standard InChI is InChI=1S/C27H31ClF3N7O3S/c1-37(42(3,39)40)24-17-7-5-4-6-16(17)12-21(24)34-25-18(27(29,30)31)15-33-26(36-25)35-20-13-19(28)22(14-23(20)41-2)38-10-8-32-9-11-38/h4-7,13-15,21,24,32H,8-12H2,1-3H3,(H2,33,34,35,36). The number of alkyl halides is 3. The highest BCUT2D eigenvalue weighted by atomic mass is 35.5. The second-order valence-electron chi connectivity index (χ2n) is 10.2. The number of sulfonamides is 1. The lowest BCUT2D eigenvalue weighted by atomic mass is 10.1. The molecule has 0 amide bonds. The number of nitrogens with one attached hydrogen (secondary N) is 3. The Hall–Kier alpha value is -3.33. The smallest absolute Gasteiger partial charge is 0.421 e. The summed E-state index contributed by atoms with van der Waals surface area (Å²) in [5, 5.41) is 9.55. The van der Waals surface area contributed by atoms with Gasteiger partial charge in [0.05, 0.1) is 41.8 Å². The van der Waals surface area contributed by atoms with Gasteiger partial charge in [0.2, 0.25) is 16.0 Å². The van der Waals surface area contributed by atoms with E-state index in [2.05, 4.69) is 30.8 Å². The Morgan fingerprint density at radius 2 is 1.90 bits per heavy atom. The van der Waals surface area contributed by atoms with Crippen LogP contribution in [0, 0.1) is 0 Å². The lowest BCUT2D eigenvalue weighted by Crippen LogP contribution is -2.43. The molecule has 3 aromatic rings. The van der Waals surface area contributed by atoms with Gasteiger partial charge in [0.25, 0.3) is 0 Å². The average molecular weight is 626 g/mol. The van der Waals surface area contributed by atoms with Crippen LogP contribution in [0.2, 0.25) is 5.02 Å². The van der Waals surface area contributed by atoms with Gasteiger partial charge >= 0.3 is 6.18 Å². The number of methoxy groups -OCH3 is 1. The molecule has 3 N–H and O–H groups in total. The Morgan fingerprint density at radius 3 is 2.57 bits per heavy atom. The summed E-state index contributed by atoms with van der Waals surface area (Å²) in [4.78, 5) is 10.2. The maximum atomic E-state index is 14.1. The molecule has 10 nitrogen and oxygen atoms in total. The third-order valence-electron chi connectivity index (χ3n) is 7.50. The first-order valence-corrected chi connectivity index (χ1v) is 15.4. The number of hydrogen-bond donors (Lipinski definition) is 3. The van der Waals surface area contributed by atoms with Crippen molar-refractivity contribution in [2.24, 2.45) is 0 Å². The van der Waals surface area contributed by atoms with Gasteiger partial charge in [0.15, 0.2) is 0 Å². The van der Waals surface area contributed by atoms with Crippen molar-refractivity contribution in [1.29, 1.82) is 0 Å². The minimum absolute atomic E-state index is 0.127. The molecule has 2 atom stereocenters. The molecule has 2 aromatic carbocycles. The molecule has 1 fully saturated rings. The first kappa shape index (κ1) is 30.1. The number of hydrogen-bond acceptors (Lipinski definition) is 9. The molecule has 2 heterocycles. The van der Waals surface area contributed by atoms with Crippen molar-refractivity contribution >= 4 is 44.8 Å². The van der Waals surface area contributed by atoms with Crippen molar-refractivity contribution in [3.63, 3.8) is 0 Å². The molecule has 1 saturated heterocycles. The van der Waals surface area contributed by atoms with E-state index in [0.717, 1.165) is 48.0 Å². The normalized spacial score (nSPS) is 19.1. The third kappa shape index (κ3) is 6.21. The summed E-state index contributed by atoms with van der Waals surface area (Å²) in [7, 11) is -0.782. The van der Waals surface area contributed by atoms with Crippen LogP contribution in [0.3, 0.4) is 0 Å². The minimum Gasteiger partial charge on any atom is -0.494 e. The lowest BCUT2D eigenvalue weighted by molar-refractivity contribution is -0.137. The predicted octanol–water partition coefficient (Wildman–Crippen LogP) is 4.28. The second-order valence-corrected chi connectivity index (χ2v) is 12.6. The first-order valence-electron chi connectivity index (χ1n) is 13.2. The van der Waals surface area contributed by atoms with Crippen molar-refractivity contribution in [3.05, 3.63) is 64.3 Å². The lowest BCUT2D eigenvalue weighted by Gasteiger charge is -2.31. The summed E-state index contributed by atoms with van der Waals surface area (Å²) in [5.74, 6) is -0.197. The number of halogens is 4. The molecule has 2 unspecified atom stereocenters. The van der Waals surface area contributed by atoms with Crippen LogP contribution in [0.15, 0.2) is 42.6 Å². The molecule has 0 spiro atoms. The highest BCUT2D eigenvalue weighted by Crippen LogP contribution is 2.42. The highest BCUT2D eigenvalue weighted by molar-refractivity contribution is 7.88. The zero-order valence-corrected chi connectivity index (χ0v) is 24.7. The van der Waals surface area contributed by atoms with Crippen LogP contribution in [0.25, 0.3) is 0 Å². The highest BCUT2D eigenvalue weighted by Gasteiger charge is 2.41. The topological polar surface area (TPSA) is 112 Å². The number of piperazine rings is 1. The van der Waals surface area contributed by atoms with Crippen LogP contribution in [-0.2, 0) is 22.6 Å².